The molecule has 1 atom stereocenters. The molecular formula is C21H31N3O2S. The molecule has 27 heavy (non-hydrogen) atoms. The Labute approximate surface area is 165 Å². The van der Waals surface area contributed by atoms with Crippen LogP contribution in [0.3, 0.4) is 0 Å². The van der Waals surface area contributed by atoms with Crippen LogP contribution in [0.5, 0.6) is 0 Å². The zero-order valence-electron chi connectivity index (χ0n) is 16.4. The summed E-state index contributed by atoms with van der Waals surface area (Å²) in [6.07, 6.45) is 7.07. The van der Waals surface area contributed by atoms with Gasteiger partial charge in [0.15, 0.2) is 0 Å². The van der Waals surface area contributed by atoms with Gasteiger partial charge in [0.05, 0.1) is 12.6 Å². The van der Waals surface area contributed by atoms with Crippen molar-refractivity contribution in [3.05, 3.63) is 22.4 Å². The minimum atomic E-state index is -0.182. The largest absolute Gasteiger partial charge is 0.353 e. The SMILES string of the molecule is CN(C)C(CNC(=O)CNC(=O)C12CC3CC(CC(C3)C1)C2)c1cccs1. The topological polar surface area (TPSA) is 61.4 Å². The minimum Gasteiger partial charge on any atom is -0.353 e. The minimum absolute atomic E-state index is 0.0885. The van der Waals surface area contributed by atoms with Crippen molar-refractivity contribution in [2.75, 3.05) is 27.2 Å². The molecule has 4 saturated carbocycles. The molecule has 4 fully saturated rings. The number of likely N-dealkylation sites (N-methyl/N-ethyl adjacent to an activating group) is 1. The second kappa shape index (κ2) is 7.55. The molecule has 2 amide bonds. The summed E-state index contributed by atoms with van der Waals surface area (Å²) in [6.45, 7) is 0.644. The highest BCUT2D eigenvalue weighted by molar-refractivity contribution is 7.10. The van der Waals surface area contributed by atoms with Crippen LogP contribution in [-0.2, 0) is 9.59 Å². The van der Waals surface area contributed by atoms with Gasteiger partial charge < -0.3 is 15.5 Å². The fraction of sp³-hybridized carbons (Fsp3) is 0.714. The summed E-state index contributed by atoms with van der Waals surface area (Å²) in [5.74, 6) is 2.24. The predicted molar refractivity (Wildman–Crippen MR) is 107 cm³/mol. The average Bonchev–Trinajstić information content (AvgIpc) is 3.12. The summed E-state index contributed by atoms with van der Waals surface area (Å²) in [5, 5.41) is 8.01. The Morgan fingerprint density at radius 2 is 1.78 bits per heavy atom. The van der Waals surface area contributed by atoms with Gasteiger partial charge in [-0.25, -0.2) is 0 Å². The summed E-state index contributed by atoms with van der Waals surface area (Å²) in [5.41, 5.74) is -0.182. The van der Waals surface area contributed by atoms with Gasteiger partial charge in [-0.2, -0.15) is 0 Å². The van der Waals surface area contributed by atoms with Crippen molar-refractivity contribution in [3.63, 3.8) is 0 Å². The van der Waals surface area contributed by atoms with Crippen LogP contribution in [-0.4, -0.2) is 43.9 Å². The van der Waals surface area contributed by atoms with E-state index < -0.39 is 0 Å². The highest BCUT2D eigenvalue weighted by Gasteiger charge is 2.54. The second-order valence-electron chi connectivity index (χ2n) is 9.18. The van der Waals surface area contributed by atoms with Crippen LogP contribution in [0.4, 0.5) is 0 Å². The Bertz CT molecular complexity index is 650. The normalized spacial score (nSPS) is 32.5. The number of hydrogen-bond donors (Lipinski definition) is 2. The Morgan fingerprint density at radius 1 is 1.15 bits per heavy atom. The average molecular weight is 390 g/mol. The Morgan fingerprint density at radius 3 is 2.30 bits per heavy atom. The number of nitrogens with zero attached hydrogens (tertiary/aromatic N) is 1. The molecule has 6 heteroatoms. The molecule has 5 nitrogen and oxygen atoms in total. The van der Waals surface area contributed by atoms with E-state index in [0.717, 1.165) is 37.0 Å². The quantitative estimate of drug-likeness (QED) is 0.754. The number of nitrogens with one attached hydrogen (secondary N) is 2. The van der Waals surface area contributed by atoms with Crippen LogP contribution in [0.1, 0.15) is 49.4 Å². The van der Waals surface area contributed by atoms with Crippen LogP contribution in [0.25, 0.3) is 0 Å². The first kappa shape index (κ1) is 18.9. The van der Waals surface area contributed by atoms with Gasteiger partial charge in [0.1, 0.15) is 0 Å². The molecule has 0 radical (unpaired) electrons. The van der Waals surface area contributed by atoms with Crippen molar-refractivity contribution >= 4 is 23.2 Å². The third-order valence-electron chi connectivity index (χ3n) is 6.92. The second-order valence-corrected chi connectivity index (χ2v) is 10.2. The monoisotopic (exact) mass is 389 g/mol. The molecule has 1 aromatic rings. The van der Waals surface area contributed by atoms with Gasteiger partial charge in [-0.05, 0) is 81.8 Å². The highest BCUT2D eigenvalue weighted by atomic mass is 32.1. The molecule has 0 spiro atoms. The number of carbonyl (C=O) groups is 2. The molecule has 0 aliphatic heterocycles. The molecule has 4 aliphatic carbocycles. The molecule has 1 heterocycles. The van der Waals surface area contributed by atoms with Crippen LogP contribution < -0.4 is 10.6 Å². The third kappa shape index (κ3) is 3.92. The van der Waals surface area contributed by atoms with E-state index in [0.29, 0.717) is 6.54 Å². The van der Waals surface area contributed by atoms with E-state index in [-0.39, 0.29) is 29.8 Å². The van der Waals surface area contributed by atoms with E-state index in [1.165, 1.54) is 24.1 Å². The lowest BCUT2D eigenvalue weighted by Crippen LogP contribution is -2.54. The van der Waals surface area contributed by atoms with Gasteiger partial charge in [0, 0.05) is 16.8 Å². The fourth-order valence-corrected chi connectivity index (χ4v) is 6.95. The summed E-state index contributed by atoms with van der Waals surface area (Å²) < 4.78 is 0. The fourth-order valence-electron chi connectivity index (χ4n) is 6.03. The molecule has 4 aliphatic rings. The number of hydrogen-bond acceptors (Lipinski definition) is 4. The van der Waals surface area contributed by atoms with Crippen LogP contribution >= 0.6 is 11.3 Å². The molecule has 0 aromatic carbocycles. The molecular weight excluding hydrogens is 358 g/mol. The molecule has 5 rings (SSSR count). The zero-order valence-corrected chi connectivity index (χ0v) is 17.2. The molecule has 0 saturated heterocycles. The van der Waals surface area contributed by atoms with Gasteiger partial charge in [-0.3, -0.25) is 9.59 Å². The molecule has 148 valence electrons. The molecule has 1 unspecified atom stereocenters. The van der Waals surface area contributed by atoms with Gasteiger partial charge >= 0.3 is 0 Å². The summed E-state index contributed by atoms with van der Waals surface area (Å²) in [4.78, 5) is 28.6. The Balaban J connectivity index is 1.27. The Kier molecular flexibility index (Phi) is 5.30. The van der Waals surface area contributed by atoms with Crippen molar-refractivity contribution in [2.24, 2.45) is 23.2 Å². The molecule has 1 aromatic heterocycles. The lowest BCUT2D eigenvalue weighted by Gasteiger charge is -2.55. The highest BCUT2D eigenvalue weighted by Crippen LogP contribution is 2.60. The van der Waals surface area contributed by atoms with E-state index in [4.69, 9.17) is 0 Å². The van der Waals surface area contributed by atoms with Crippen LogP contribution in [0.15, 0.2) is 17.5 Å². The Hall–Kier alpha value is -1.40. The smallest absolute Gasteiger partial charge is 0.239 e. The maximum absolute atomic E-state index is 12.9. The summed E-state index contributed by atoms with van der Waals surface area (Å²) >= 11 is 1.70. The van der Waals surface area contributed by atoms with Crippen molar-refractivity contribution in [1.82, 2.24) is 15.5 Å². The first-order valence-corrected chi connectivity index (χ1v) is 11.1. The first-order chi connectivity index (χ1) is 12.9. The van der Waals surface area contributed by atoms with E-state index in [1.54, 1.807) is 11.3 Å². The van der Waals surface area contributed by atoms with E-state index in [1.807, 2.05) is 20.2 Å². The number of carbonyl (C=O) groups excluding carboxylic acids is 2. The van der Waals surface area contributed by atoms with Gasteiger partial charge in [-0.15, -0.1) is 11.3 Å². The maximum Gasteiger partial charge on any atom is 0.239 e. The molecule has 2 N–H and O–H groups in total. The standard InChI is InChI=1S/C21H31N3O2S/c1-24(2)17(18-4-3-5-27-18)12-22-19(25)13-23-20(26)21-9-14-6-15(10-21)8-16(7-14)11-21/h3-5,14-17H,6-13H2,1-2H3,(H,22,25)(H,23,26). The van der Waals surface area contributed by atoms with Crippen molar-refractivity contribution in [2.45, 2.75) is 44.6 Å². The van der Waals surface area contributed by atoms with Crippen LogP contribution in [0, 0.1) is 23.2 Å². The van der Waals surface area contributed by atoms with Crippen molar-refractivity contribution in [3.8, 4) is 0 Å². The first-order valence-electron chi connectivity index (χ1n) is 10.2. The van der Waals surface area contributed by atoms with Crippen molar-refractivity contribution in [1.29, 1.82) is 0 Å². The predicted octanol–water partition coefficient (Wildman–Crippen LogP) is 2.80. The van der Waals surface area contributed by atoms with Crippen LogP contribution in [0.2, 0.25) is 0 Å². The summed E-state index contributed by atoms with van der Waals surface area (Å²) in [6, 6.07) is 4.29. The summed E-state index contributed by atoms with van der Waals surface area (Å²) in [7, 11) is 4.04. The van der Waals surface area contributed by atoms with E-state index in [9.17, 15) is 9.59 Å². The third-order valence-corrected chi connectivity index (χ3v) is 7.89. The van der Waals surface area contributed by atoms with Crippen molar-refractivity contribution < 1.29 is 9.59 Å². The number of rotatable bonds is 7. The lowest BCUT2D eigenvalue weighted by molar-refractivity contribution is -0.147. The molecule has 4 bridgehead atoms. The number of amides is 2. The van der Waals surface area contributed by atoms with Gasteiger partial charge in [0.2, 0.25) is 11.8 Å². The van der Waals surface area contributed by atoms with E-state index in [2.05, 4.69) is 27.0 Å². The van der Waals surface area contributed by atoms with Gasteiger partial charge in [-0.1, -0.05) is 6.07 Å². The maximum atomic E-state index is 12.9. The van der Waals surface area contributed by atoms with Gasteiger partial charge in [0.25, 0.3) is 0 Å². The number of thiophene rings is 1. The zero-order chi connectivity index (χ0) is 19.0. The lowest BCUT2D eigenvalue weighted by atomic mass is 9.49. The van der Waals surface area contributed by atoms with E-state index >= 15 is 0 Å².